The molecule has 0 aliphatic carbocycles. The van der Waals surface area contributed by atoms with Gasteiger partial charge >= 0.3 is 0 Å². The highest BCUT2D eigenvalue weighted by atomic mass is 35.5. The largest absolute Gasteiger partial charge is 0.495 e. The molecule has 0 fully saturated rings. The van der Waals surface area contributed by atoms with Crippen molar-refractivity contribution in [2.24, 2.45) is 0 Å². The molecule has 6 heteroatoms. The second-order valence-electron chi connectivity index (χ2n) is 6.09. The van der Waals surface area contributed by atoms with E-state index in [-0.39, 0.29) is 11.9 Å². The lowest BCUT2D eigenvalue weighted by molar-refractivity contribution is -0.118. The molecule has 0 bridgehead atoms. The lowest BCUT2D eigenvalue weighted by Crippen LogP contribution is -2.34. The van der Waals surface area contributed by atoms with Crippen LogP contribution in [0.3, 0.4) is 0 Å². The average Bonchev–Trinajstić information content (AvgIpc) is 3.21. The summed E-state index contributed by atoms with van der Waals surface area (Å²) in [5, 5.41) is 8.86. The summed E-state index contributed by atoms with van der Waals surface area (Å²) in [5.41, 5.74) is 1.52. The number of benzene rings is 2. The van der Waals surface area contributed by atoms with Gasteiger partial charge in [-0.05, 0) is 42.1 Å². The Bertz CT molecular complexity index is 884. The number of hydrogen-bond donors (Lipinski definition) is 2. The zero-order valence-electron chi connectivity index (χ0n) is 15.1. The minimum Gasteiger partial charge on any atom is -0.495 e. The van der Waals surface area contributed by atoms with Crippen molar-refractivity contribution in [3.8, 4) is 5.75 Å². The summed E-state index contributed by atoms with van der Waals surface area (Å²) in [4.78, 5) is 14.2. The van der Waals surface area contributed by atoms with Gasteiger partial charge in [-0.15, -0.1) is 11.3 Å². The van der Waals surface area contributed by atoms with E-state index in [1.807, 2.05) is 41.8 Å². The number of hydrogen-bond acceptors (Lipinski definition) is 4. The van der Waals surface area contributed by atoms with Crippen LogP contribution in [0.15, 0.2) is 66.0 Å². The van der Waals surface area contributed by atoms with Crippen LogP contribution >= 0.6 is 22.9 Å². The first kappa shape index (κ1) is 19.4. The van der Waals surface area contributed by atoms with Crippen LogP contribution < -0.4 is 15.4 Å². The van der Waals surface area contributed by atoms with Crippen LogP contribution in [0.5, 0.6) is 5.75 Å². The molecular weight excluding hydrogens is 380 g/mol. The van der Waals surface area contributed by atoms with E-state index in [4.69, 9.17) is 16.3 Å². The van der Waals surface area contributed by atoms with Crippen LogP contribution in [-0.2, 0) is 4.79 Å². The maximum absolute atomic E-state index is 13.0. The minimum absolute atomic E-state index is 0.0420. The van der Waals surface area contributed by atoms with Gasteiger partial charge in [-0.1, -0.05) is 48.0 Å². The van der Waals surface area contributed by atoms with Crippen molar-refractivity contribution in [1.82, 2.24) is 5.32 Å². The first-order chi connectivity index (χ1) is 13.1. The third-order valence-electron chi connectivity index (χ3n) is 4.20. The normalized spacial score (nSPS) is 13.0. The molecule has 1 heterocycles. The maximum atomic E-state index is 13.0. The Morgan fingerprint density at radius 3 is 2.52 bits per heavy atom. The standard InChI is InChI=1S/C21H21ClN2O2S/c1-14(19-9-6-12-27-19)23-20(15-7-4-3-5-8-15)21(25)24-16-10-11-18(26-2)17(22)13-16/h3-14,20,23H,1-2H3,(H,24,25)/t14-,20+/m0/s1. The Hall–Kier alpha value is -2.34. The monoisotopic (exact) mass is 400 g/mol. The van der Waals surface area contributed by atoms with E-state index in [1.165, 1.54) is 4.88 Å². The van der Waals surface area contributed by atoms with Crippen molar-refractivity contribution in [2.75, 3.05) is 12.4 Å². The van der Waals surface area contributed by atoms with Crippen LogP contribution in [0.2, 0.25) is 5.02 Å². The fraction of sp³-hybridized carbons (Fsp3) is 0.190. The predicted octanol–water partition coefficient (Wildman–Crippen LogP) is 5.44. The Kier molecular flexibility index (Phi) is 6.50. The zero-order chi connectivity index (χ0) is 19.2. The van der Waals surface area contributed by atoms with E-state index in [2.05, 4.69) is 23.6 Å². The van der Waals surface area contributed by atoms with E-state index in [9.17, 15) is 4.79 Å². The number of nitrogens with one attached hydrogen (secondary N) is 2. The molecule has 3 rings (SSSR count). The number of ether oxygens (including phenoxy) is 1. The molecule has 0 aliphatic rings. The van der Waals surface area contributed by atoms with Crippen LogP contribution in [0, 0.1) is 0 Å². The molecule has 1 amide bonds. The Morgan fingerprint density at radius 2 is 1.89 bits per heavy atom. The number of carbonyl (C=O) groups is 1. The highest BCUT2D eigenvalue weighted by molar-refractivity contribution is 7.10. The van der Waals surface area contributed by atoms with E-state index in [0.29, 0.717) is 16.5 Å². The summed E-state index contributed by atoms with van der Waals surface area (Å²) < 4.78 is 5.16. The van der Waals surface area contributed by atoms with Gasteiger partial charge in [-0.3, -0.25) is 10.1 Å². The Balaban J connectivity index is 1.81. The smallest absolute Gasteiger partial charge is 0.246 e. The third kappa shape index (κ3) is 4.89. The highest BCUT2D eigenvalue weighted by Crippen LogP contribution is 2.28. The van der Waals surface area contributed by atoms with Crippen molar-refractivity contribution in [1.29, 1.82) is 0 Å². The Morgan fingerprint density at radius 1 is 1.11 bits per heavy atom. The van der Waals surface area contributed by atoms with E-state index < -0.39 is 6.04 Å². The number of methoxy groups -OCH3 is 1. The molecule has 1 aromatic heterocycles. The second-order valence-corrected chi connectivity index (χ2v) is 7.47. The van der Waals surface area contributed by atoms with Gasteiger partial charge in [0, 0.05) is 16.6 Å². The molecule has 2 atom stereocenters. The van der Waals surface area contributed by atoms with Gasteiger partial charge in [-0.25, -0.2) is 0 Å². The average molecular weight is 401 g/mol. The van der Waals surface area contributed by atoms with Crippen molar-refractivity contribution in [2.45, 2.75) is 19.0 Å². The van der Waals surface area contributed by atoms with Crippen LogP contribution in [-0.4, -0.2) is 13.0 Å². The molecule has 0 aliphatic heterocycles. The first-order valence-corrected chi connectivity index (χ1v) is 9.83. The molecule has 2 N–H and O–H groups in total. The van der Waals surface area contributed by atoms with Crippen molar-refractivity contribution < 1.29 is 9.53 Å². The number of carbonyl (C=O) groups excluding carboxylic acids is 1. The highest BCUT2D eigenvalue weighted by Gasteiger charge is 2.23. The van der Waals surface area contributed by atoms with Gasteiger partial charge < -0.3 is 10.1 Å². The summed E-state index contributed by atoms with van der Waals surface area (Å²) in [6.45, 7) is 2.05. The lowest BCUT2D eigenvalue weighted by atomic mass is 10.0. The van der Waals surface area contributed by atoms with E-state index in [1.54, 1.807) is 36.6 Å². The van der Waals surface area contributed by atoms with E-state index >= 15 is 0 Å². The molecular formula is C21H21ClN2O2S. The van der Waals surface area contributed by atoms with Crippen LogP contribution in [0.4, 0.5) is 5.69 Å². The summed E-state index contributed by atoms with van der Waals surface area (Å²) in [6.07, 6.45) is 0. The topological polar surface area (TPSA) is 50.4 Å². The minimum atomic E-state index is -0.496. The molecule has 0 unspecified atom stereocenters. The molecule has 3 aromatic rings. The molecule has 2 aromatic carbocycles. The van der Waals surface area contributed by atoms with Crippen molar-refractivity contribution >= 4 is 34.5 Å². The first-order valence-electron chi connectivity index (χ1n) is 8.57. The van der Waals surface area contributed by atoms with Gasteiger partial charge in [0.1, 0.15) is 11.8 Å². The maximum Gasteiger partial charge on any atom is 0.246 e. The molecule has 0 radical (unpaired) electrons. The lowest BCUT2D eigenvalue weighted by Gasteiger charge is -2.23. The summed E-state index contributed by atoms with van der Waals surface area (Å²) in [5.74, 6) is 0.421. The molecule has 0 spiro atoms. The molecule has 4 nitrogen and oxygen atoms in total. The zero-order valence-corrected chi connectivity index (χ0v) is 16.7. The van der Waals surface area contributed by atoms with Crippen LogP contribution in [0.1, 0.15) is 29.4 Å². The van der Waals surface area contributed by atoms with Gasteiger partial charge in [-0.2, -0.15) is 0 Å². The fourth-order valence-electron chi connectivity index (χ4n) is 2.80. The SMILES string of the molecule is COc1ccc(NC(=O)[C@H](N[C@@H](C)c2cccs2)c2ccccc2)cc1Cl. The van der Waals surface area contributed by atoms with Crippen molar-refractivity contribution in [3.63, 3.8) is 0 Å². The summed E-state index contributed by atoms with van der Waals surface area (Å²) in [7, 11) is 1.56. The second kappa shape index (κ2) is 9.04. The van der Waals surface area contributed by atoms with Gasteiger partial charge in [0.2, 0.25) is 5.91 Å². The molecule has 140 valence electrons. The molecule has 0 saturated heterocycles. The third-order valence-corrected chi connectivity index (χ3v) is 5.55. The number of anilines is 1. The molecule has 27 heavy (non-hydrogen) atoms. The van der Waals surface area contributed by atoms with Crippen LogP contribution in [0.25, 0.3) is 0 Å². The fourth-order valence-corrected chi connectivity index (χ4v) is 3.80. The quantitative estimate of drug-likeness (QED) is 0.555. The number of halogens is 1. The van der Waals surface area contributed by atoms with Gasteiger partial charge in [0.15, 0.2) is 0 Å². The molecule has 0 saturated carbocycles. The predicted molar refractivity (Wildman–Crippen MR) is 112 cm³/mol. The van der Waals surface area contributed by atoms with Gasteiger partial charge in [0.05, 0.1) is 12.1 Å². The summed E-state index contributed by atoms with van der Waals surface area (Å²) in [6, 6.07) is 18.5. The van der Waals surface area contributed by atoms with E-state index in [0.717, 1.165) is 5.56 Å². The number of amides is 1. The number of rotatable bonds is 7. The summed E-state index contributed by atoms with van der Waals surface area (Å²) >= 11 is 7.84. The Labute approximate surface area is 168 Å². The van der Waals surface area contributed by atoms with Crippen molar-refractivity contribution in [3.05, 3.63) is 81.5 Å². The number of thiophene rings is 1. The van der Waals surface area contributed by atoms with Gasteiger partial charge in [0.25, 0.3) is 0 Å².